The summed E-state index contributed by atoms with van der Waals surface area (Å²) in [5, 5.41) is 145. The number of nitrogens with zero attached hydrogens (tertiary/aromatic N) is 1. The van der Waals surface area contributed by atoms with E-state index in [0.29, 0.717) is 18.3 Å². The molecular formula is C44H68N2O21. The van der Waals surface area contributed by atoms with Gasteiger partial charge in [-0.15, -0.1) is 0 Å². The first kappa shape index (κ1) is 53.5. The Bertz CT molecular complexity index is 1750. The molecular weight excluding hydrogens is 892 g/mol. The fourth-order valence-corrected chi connectivity index (χ4v) is 9.91. The Labute approximate surface area is 386 Å². The van der Waals surface area contributed by atoms with E-state index < -0.39 is 148 Å². The van der Waals surface area contributed by atoms with Gasteiger partial charge in [0.25, 0.3) is 0 Å². The second kappa shape index (κ2) is 23.8. The van der Waals surface area contributed by atoms with E-state index in [4.69, 9.17) is 23.7 Å². The van der Waals surface area contributed by atoms with E-state index in [0.717, 1.165) is 18.7 Å². The van der Waals surface area contributed by atoms with Crippen LogP contribution in [0.3, 0.4) is 0 Å². The number of hydrogen-bond acceptors (Lipinski definition) is 21. The molecule has 23 nitrogen and oxygen atoms in total. The summed E-state index contributed by atoms with van der Waals surface area (Å²) in [4.78, 5) is 26.0. The number of carbonyl (C=O) groups is 2. The van der Waals surface area contributed by atoms with Gasteiger partial charge in [0.1, 0.15) is 79.4 Å². The molecule has 7 rings (SSSR count). The van der Waals surface area contributed by atoms with E-state index in [2.05, 4.69) is 5.32 Å². The number of aliphatic hydroxyl groups excluding tert-OH is 13. The number of carbonyl (C=O) groups excluding carboxylic acids is 1. The fraction of sp³-hybridized carbons (Fsp3) is 0.773. The van der Waals surface area contributed by atoms with Gasteiger partial charge in [-0.2, -0.15) is 0 Å². The zero-order chi connectivity index (χ0) is 48.9. The van der Waals surface area contributed by atoms with Crippen molar-refractivity contribution in [2.45, 2.75) is 162 Å². The molecule has 67 heavy (non-hydrogen) atoms. The smallest absolute Gasteiger partial charge is 0.307 e. The molecule has 22 atom stereocenters. The van der Waals surface area contributed by atoms with Gasteiger partial charge in [-0.05, 0) is 49.2 Å². The number of carboxylic acid groups (broad SMARTS) is 1. The Balaban J connectivity index is 0.000000269. The summed E-state index contributed by atoms with van der Waals surface area (Å²) in [6.07, 6.45) is -21.1. The molecule has 380 valence electrons. The van der Waals surface area contributed by atoms with Crippen molar-refractivity contribution in [3.05, 3.63) is 47.5 Å². The highest BCUT2D eigenvalue weighted by Gasteiger charge is 2.54. The van der Waals surface area contributed by atoms with Crippen molar-refractivity contribution in [1.29, 1.82) is 0 Å². The second-order valence-corrected chi connectivity index (χ2v) is 18.4. The molecule has 4 heterocycles. The minimum absolute atomic E-state index is 0.0164. The third-order valence-corrected chi connectivity index (χ3v) is 13.9. The lowest BCUT2D eigenvalue weighted by Crippen LogP contribution is -2.68. The number of ether oxygens (including phenoxy) is 5. The first-order valence-corrected chi connectivity index (χ1v) is 22.8. The van der Waals surface area contributed by atoms with Gasteiger partial charge in [0, 0.05) is 19.5 Å². The molecule has 4 aliphatic heterocycles. The van der Waals surface area contributed by atoms with Crippen LogP contribution in [0.15, 0.2) is 42.0 Å². The maximum atomic E-state index is 12.6. The van der Waals surface area contributed by atoms with Crippen molar-refractivity contribution < 1.29 is 105 Å². The molecule has 1 saturated carbocycles. The highest BCUT2D eigenvalue weighted by molar-refractivity contribution is 5.82. The van der Waals surface area contributed by atoms with Crippen LogP contribution in [0.2, 0.25) is 0 Å². The predicted octanol–water partition coefficient (Wildman–Crippen LogP) is -5.60. The van der Waals surface area contributed by atoms with E-state index in [1.807, 2.05) is 35.2 Å². The molecule has 1 aromatic rings. The number of nitrogens with one attached hydrogen (secondary N) is 1. The van der Waals surface area contributed by atoms with Crippen LogP contribution < -0.4 is 5.32 Å². The maximum Gasteiger partial charge on any atom is 0.307 e. The molecule has 1 amide bonds. The molecule has 0 bridgehead atoms. The number of fused-ring (bicyclic) bond motifs is 1. The lowest BCUT2D eigenvalue weighted by molar-refractivity contribution is -0.373. The molecule has 0 aromatic heterocycles. The SMILES string of the molecule is C[C@H]1O[C@H](O[C@H]2[C@H](O)[C@@H](O)[C@@H](O[C@H]3[C@H](O)[C@@H](O)C(O)O[C@@H]3CO)O[C@@H]2CO)[C@H](O)[C@@H](O)[C@@H]1N[C@H]1C=C(CO)[C@@H](O)[C@H](O)[C@H]1O.O=C(O)[C@H](CC(=O)N1C[C@H]2CCCC[C@H]2C1)Cc1ccccc1. The zero-order valence-corrected chi connectivity index (χ0v) is 37.0. The number of hydrogen-bond donors (Lipinski definition) is 15. The number of likely N-dealkylation sites (tertiary alicyclic amines) is 1. The number of carboxylic acids is 1. The third-order valence-electron chi connectivity index (χ3n) is 13.9. The summed E-state index contributed by atoms with van der Waals surface area (Å²) in [6.45, 7) is 0.916. The van der Waals surface area contributed by atoms with Gasteiger partial charge < -0.3 is 105 Å². The highest BCUT2D eigenvalue weighted by Crippen LogP contribution is 2.37. The van der Waals surface area contributed by atoms with Crippen molar-refractivity contribution in [1.82, 2.24) is 10.2 Å². The summed E-state index contributed by atoms with van der Waals surface area (Å²) in [5.41, 5.74) is 0.997. The van der Waals surface area contributed by atoms with Crippen LogP contribution in [0.1, 0.15) is 44.6 Å². The molecule has 15 N–H and O–H groups in total. The topological polar surface area (TPSA) is 379 Å². The summed E-state index contributed by atoms with van der Waals surface area (Å²) < 4.78 is 27.4. The van der Waals surface area contributed by atoms with E-state index in [1.54, 1.807) is 0 Å². The van der Waals surface area contributed by atoms with Crippen molar-refractivity contribution in [2.75, 3.05) is 32.9 Å². The van der Waals surface area contributed by atoms with Crippen molar-refractivity contribution in [3.63, 3.8) is 0 Å². The number of aliphatic carboxylic acids is 1. The number of rotatable bonds is 14. The quantitative estimate of drug-likeness (QED) is 0.0773. The minimum Gasteiger partial charge on any atom is -0.481 e. The molecule has 5 fully saturated rings. The predicted molar refractivity (Wildman–Crippen MR) is 226 cm³/mol. The van der Waals surface area contributed by atoms with Crippen LogP contribution in [0, 0.1) is 17.8 Å². The second-order valence-electron chi connectivity index (χ2n) is 18.4. The van der Waals surface area contributed by atoms with Gasteiger partial charge in [-0.1, -0.05) is 49.2 Å². The van der Waals surface area contributed by atoms with Crippen molar-refractivity contribution in [2.24, 2.45) is 17.8 Å². The standard InChI is InChI=1S/C25H43NO18.C19H25NO3/c1-6-11(26-8-2-7(3-27)12(30)15(33)13(8)31)14(32)19(37)24(40-6)43-22-10(5-29)42-25(20(38)17(22)35)44-21-9(4-28)41-23(39)18(36)16(21)34;21-18(20-12-15-8-4-5-9-16(15)13-20)11-17(19(22)23)10-14-6-2-1-3-7-14/h2,6,8-39H,3-5H2,1H3;1-3,6-7,15-17H,4-5,8-13H2,(H,22,23)/t6-,8+,9-,10-,11-,12-,13+,14+,15+,16-,17-,18-,19-,20-,21-,22-,23?,24-,25-;15-,16+,17-/m10/s1. The van der Waals surface area contributed by atoms with Gasteiger partial charge in [0.2, 0.25) is 5.91 Å². The Morgan fingerprint density at radius 3 is 1.84 bits per heavy atom. The van der Waals surface area contributed by atoms with Crippen LogP contribution in [-0.4, -0.2) is 238 Å². The van der Waals surface area contributed by atoms with Gasteiger partial charge >= 0.3 is 5.97 Å². The van der Waals surface area contributed by atoms with Gasteiger partial charge in [0.15, 0.2) is 18.9 Å². The van der Waals surface area contributed by atoms with Gasteiger partial charge in [-0.3, -0.25) is 9.59 Å². The minimum atomic E-state index is -1.93. The van der Waals surface area contributed by atoms with Crippen LogP contribution in [0.25, 0.3) is 0 Å². The summed E-state index contributed by atoms with van der Waals surface area (Å²) in [6, 6.07) is 7.40. The van der Waals surface area contributed by atoms with Crippen LogP contribution in [0.4, 0.5) is 0 Å². The molecule has 0 spiro atoms. The summed E-state index contributed by atoms with van der Waals surface area (Å²) >= 11 is 0. The van der Waals surface area contributed by atoms with Crippen molar-refractivity contribution in [3.8, 4) is 0 Å². The monoisotopic (exact) mass is 960 g/mol. The van der Waals surface area contributed by atoms with Crippen LogP contribution in [0.5, 0.6) is 0 Å². The Kier molecular flexibility index (Phi) is 19.0. The number of benzene rings is 1. The fourth-order valence-electron chi connectivity index (χ4n) is 9.91. The van der Waals surface area contributed by atoms with E-state index >= 15 is 0 Å². The van der Waals surface area contributed by atoms with E-state index in [1.165, 1.54) is 38.7 Å². The Morgan fingerprint density at radius 1 is 0.716 bits per heavy atom. The largest absolute Gasteiger partial charge is 0.481 e. The average molecular weight is 961 g/mol. The molecule has 0 radical (unpaired) electrons. The zero-order valence-electron chi connectivity index (χ0n) is 37.0. The molecule has 6 aliphatic rings. The van der Waals surface area contributed by atoms with Crippen LogP contribution >= 0.6 is 0 Å². The summed E-state index contributed by atoms with van der Waals surface area (Å²) in [5.74, 6) is -0.204. The number of amides is 1. The average Bonchev–Trinajstić information content (AvgIpc) is 3.77. The third kappa shape index (κ3) is 12.4. The first-order valence-electron chi connectivity index (χ1n) is 22.8. The Morgan fingerprint density at radius 2 is 1.27 bits per heavy atom. The first-order chi connectivity index (χ1) is 31.9. The lowest BCUT2D eigenvalue weighted by atomic mass is 9.82. The van der Waals surface area contributed by atoms with Crippen molar-refractivity contribution >= 4 is 11.9 Å². The molecule has 4 saturated heterocycles. The maximum absolute atomic E-state index is 12.6. The van der Waals surface area contributed by atoms with E-state index in [-0.39, 0.29) is 17.9 Å². The van der Waals surface area contributed by atoms with Gasteiger partial charge in [0.05, 0.1) is 43.9 Å². The number of aliphatic hydroxyl groups is 13. The normalized spacial score (nSPS) is 42.7. The summed E-state index contributed by atoms with van der Waals surface area (Å²) in [7, 11) is 0. The molecule has 1 aromatic carbocycles. The van der Waals surface area contributed by atoms with E-state index in [9.17, 15) is 81.1 Å². The Hall–Kier alpha value is -2.86. The molecule has 23 heteroatoms. The lowest BCUT2D eigenvalue weighted by Gasteiger charge is -2.48. The molecule has 1 unspecified atom stereocenters. The van der Waals surface area contributed by atoms with Crippen LogP contribution in [-0.2, 0) is 39.7 Å². The highest BCUT2D eigenvalue weighted by atomic mass is 16.7. The molecule has 2 aliphatic carbocycles. The van der Waals surface area contributed by atoms with Gasteiger partial charge in [-0.25, -0.2) is 0 Å².